The molecular weight excluding hydrogens is 290 g/mol. The van der Waals surface area contributed by atoms with Gasteiger partial charge in [0.05, 0.1) is 17.7 Å². The fraction of sp³-hybridized carbons (Fsp3) is 0.400. The molecule has 0 spiro atoms. The van der Waals surface area contributed by atoms with Gasteiger partial charge in [-0.3, -0.25) is 14.5 Å². The molecule has 0 N–H and O–H groups in total. The highest BCUT2D eigenvalue weighted by Gasteiger charge is 2.42. The van der Waals surface area contributed by atoms with Crippen LogP contribution in [0.15, 0.2) is 24.3 Å². The number of thioether (sulfide) groups is 1. The van der Waals surface area contributed by atoms with Crippen LogP contribution in [0.5, 0.6) is 0 Å². The Morgan fingerprint density at radius 2 is 1.81 bits per heavy atom. The van der Waals surface area contributed by atoms with Crippen LogP contribution in [0.3, 0.4) is 0 Å². The molecule has 2 rings (SSSR count). The van der Waals surface area contributed by atoms with Crippen molar-refractivity contribution < 1.29 is 19.1 Å². The van der Waals surface area contributed by atoms with Gasteiger partial charge in [-0.05, 0) is 37.5 Å². The first kappa shape index (κ1) is 15.6. The summed E-state index contributed by atoms with van der Waals surface area (Å²) in [5.74, 6) is -0.706. The molecule has 5 nitrogen and oxygen atoms in total. The third kappa shape index (κ3) is 2.95. The molecule has 0 unspecified atom stereocenters. The van der Waals surface area contributed by atoms with E-state index in [-0.39, 0.29) is 6.61 Å². The number of esters is 1. The molecule has 0 radical (unpaired) electrons. The number of ether oxygens (including phenoxy) is 1. The highest BCUT2D eigenvalue weighted by Crippen LogP contribution is 2.26. The number of imide groups is 1. The molecule has 1 atom stereocenters. The van der Waals surface area contributed by atoms with Crippen LogP contribution in [0.4, 0.5) is 0 Å². The smallest absolute Gasteiger partial charge is 0.329 e. The van der Waals surface area contributed by atoms with E-state index in [1.54, 1.807) is 43.0 Å². The van der Waals surface area contributed by atoms with Gasteiger partial charge in [0.2, 0.25) is 0 Å². The van der Waals surface area contributed by atoms with Crippen molar-refractivity contribution in [1.82, 2.24) is 4.90 Å². The van der Waals surface area contributed by atoms with E-state index in [1.165, 1.54) is 0 Å². The van der Waals surface area contributed by atoms with Gasteiger partial charge >= 0.3 is 5.97 Å². The number of nitrogens with zero attached hydrogens (tertiary/aromatic N) is 1. The van der Waals surface area contributed by atoms with Gasteiger partial charge in [0, 0.05) is 0 Å². The lowest BCUT2D eigenvalue weighted by molar-refractivity contribution is -0.147. The van der Waals surface area contributed by atoms with Crippen molar-refractivity contribution in [2.45, 2.75) is 19.4 Å². The van der Waals surface area contributed by atoms with Gasteiger partial charge in [0.25, 0.3) is 11.8 Å². The highest BCUT2D eigenvalue weighted by atomic mass is 32.2. The molecule has 1 aromatic rings. The lowest BCUT2D eigenvalue weighted by Gasteiger charge is -2.24. The number of rotatable bonds is 6. The molecule has 1 aliphatic rings. The third-order valence-electron chi connectivity index (χ3n) is 3.29. The van der Waals surface area contributed by atoms with Crippen molar-refractivity contribution in [3.05, 3.63) is 35.4 Å². The number of fused-ring (bicyclic) bond motifs is 1. The standard InChI is InChI=1S/C15H17NO4S/c1-3-20-15(19)12(8-9-21-2)16-13(17)10-6-4-5-7-11(10)14(16)18/h4-7,12H,3,8-9H2,1-2H3/t12-/m0/s1. The van der Waals surface area contributed by atoms with Crippen molar-refractivity contribution in [3.63, 3.8) is 0 Å². The van der Waals surface area contributed by atoms with E-state index < -0.39 is 23.8 Å². The molecule has 0 aliphatic carbocycles. The van der Waals surface area contributed by atoms with Crippen LogP contribution in [0.2, 0.25) is 0 Å². The largest absolute Gasteiger partial charge is 0.464 e. The molecule has 0 aromatic heterocycles. The fourth-order valence-electron chi connectivity index (χ4n) is 2.31. The molecule has 2 amide bonds. The van der Waals surface area contributed by atoms with Gasteiger partial charge < -0.3 is 4.74 Å². The topological polar surface area (TPSA) is 63.7 Å². The molecular formula is C15H17NO4S. The Morgan fingerprint density at radius 1 is 1.24 bits per heavy atom. The highest BCUT2D eigenvalue weighted by molar-refractivity contribution is 7.98. The van der Waals surface area contributed by atoms with E-state index in [4.69, 9.17) is 4.74 Å². The monoisotopic (exact) mass is 307 g/mol. The second-order valence-corrected chi connectivity index (χ2v) is 5.56. The van der Waals surface area contributed by atoms with Gasteiger partial charge in [0.1, 0.15) is 6.04 Å². The predicted octanol–water partition coefficient (Wildman–Crippen LogP) is 1.97. The molecule has 112 valence electrons. The Morgan fingerprint density at radius 3 is 2.29 bits per heavy atom. The maximum absolute atomic E-state index is 12.4. The second-order valence-electron chi connectivity index (χ2n) is 4.58. The minimum Gasteiger partial charge on any atom is -0.464 e. The van der Waals surface area contributed by atoms with Crippen LogP contribution < -0.4 is 0 Å². The second kappa shape index (κ2) is 6.76. The Labute approximate surface area is 127 Å². The molecule has 1 aliphatic heterocycles. The molecule has 0 saturated heterocycles. The molecule has 0 saturated carbocycles. The van der Waals surface area contributed by atoms with E-state index in [1.807, 2.05) is 6.26 Å². The molecule has 0 fully saturated rings. The first-order chi connectivity index (χ1) is 10.1. The van der Waals surface area contributed by atoms with E-state index in [2.05, 4.69) is 0 Å². The third-order valence-corrected chi connectivity index (χ3v) is 3.94. The zero-order chi connectivity index (χ0) is 15.4. The summed E-state index contributed by atoms with van der Waals surface area (Å²) in [4.78, 5) is 38.0. The molecule has 0 bridgehead atoms. The maximum atomic E-state index is 12.4. The summed E-state index contributed by atoms with van der Waals surface area (Å²) in [6.45, 7) is 1.92. The van der Waals surface area contributed by atoms with Crippen LogP contribution >= 0.6 is 11.8 Å². The lowest BCUT2D eigenvalue weighted by Crippen LogP contribution is -2.46. The van der Waals surface area contributed by atoms with Gasteiger partial charge in [-0.15, -0.1) is 0 Å². The average molecular weight is 307 g/mol. The van der Waals surface area contributed by atoms with Crippen molar-refractivity contribution in [2.24, 2.45) is 0 Å². The quantitative estimate of drug-likeness (QED) is 0.594. The predicted molar refractivity (Wildman–Crippen MR) is 80.4 cm³/mol. The summed E-state index contributed by atoms with van der Waals surface area (Å²) in [5, 5.41) is 0. The average Bonchev–Trinajstić information content (AvgIpc) is 2.73. The van der Waals surface area contributed by atoms with E-state index in [0.29, 0.717) is 23.3 Å². The molecule has 1 aromatic carbocycles. The summed E-state index contributed by atoms with van der Waals surface area (Å²) in [7, 11) is 0. The Hall–Kier alpha value is -1.82. The summed E-state index contributed by atoms with van der Waals surface area (Å²) in [6.07, 6.45) is 2.30. The minimum absolute atomic E-state index is 0.220. The van der Waals surface area contributed by atoms with Gasteiger partial charge in [-0.2, -0.15) is 11.8 Å². The van der Waals surface area contributed by atoms with E-state index >= 15 is 0 Å². The lowest BCUT2D eigenvalue weighted by atomic mass is 10.1. The first-order valence-electron chi connectivity index (χ1n) is 6.74. The van der Waals surface area contributed by atoms with Gasteiger partial charge in [-0.1, -0.05) is 12.1 Å². The maximum Gasteiger partial charge on any atom is 0.329 e. The Balaban J connectivity index is 2.31. The molecule has 6 heteroatoms. The van der Waals surface area contributed by atoms with Crippen molar-refractivity contribution in [2.75, 3.05) is 18.6 Å². The molecule has 1 heterocycles. The van der Waals surface area contributed by atoms with Crippen LogP contribution in [0.25, 0.3) is 0 Å². The number of benzene rings is 1. The summed E-state index contributed by atoms with van der Waals surface area (Å²) >= 11 is 1.55. The summed E-state index contributed by atoms with van der Waals surface area (Å²) in [5.41, 5.74) is 0.696. The zero-order valence-electron chi connectivity index (χ0n) is 12.0. The van der Waals surface area contributed by atoms with Gasteiger partial charge in [0.15, 0.2) is 0 Å². The minimum atomic E-state index is -0.857. The van der Waals surface area contributed by atoms with E-state index in [0.717, 1.165) is 4.90 Å². The fourth-order valence-corrected chi connectivity index (χ4v) is 2.77. The van der Waals surface area contributed by atoms with E-state index in [9.17, 15) is 14.4 Å². The zero-order valence-corrected chi connectivity index (χ0v) is 12.8. The number of carbonyl (C=O) groups is 3. The summed E-state index contributed by atoms with van der Waals surface area (Å²) in [6, 6.07) is 5.76. The number of hydrogen-bond donors (Lipinski definition) is 0. The number of carbonyl (C=O) groups excluding carboxylic acids is 3. The summed E-state index contributed by atoms with van der Waals surface area (Å²) < 4.78 is 5.01. The number of amides is 2. The first-order valence-corrected chi connectivity index (χ1v) is 8.13. The van der Waals surface area contributed by atoms with Crippen LogP contribution in [-0.2, 0) is 9.53 Å². The molecule has 21 heavy (non-hydrogen) atoms. The Kier molecular flexibility index (Phi) is 5.01. The van der Waals surface area contributed by atoms with Crippen LogP contribution in [0.1, 0.15) is 34.1 Å². The van der Waals surface area contributed by atoms with Crippen LogP contribution in [-0.4, -0.2) is 47.3 Å². The van der Waals surface area contributed by atoms with Crippen molar-refractivity contribution in [3.8, 4) is 0 Å². The van der Waals surface area contributed by atoms with Crippen molar-refractivity contribution in [1.29, 1.82) is 0 Å². The van der Waals surface area contributed by atoms with Crippen molar-refractivity contribution >= 4 is 29.5 Å². The number of hydrogen-bond acceptors (Lipinski definition) is 5. The SMILES string of the molecule is CCOC(=O)[C@H](CCSC)N1C(=O)c2ccccc2C1=O. The Bertz CT molecular complexity index is 538. The van der Waals surface area contributed by atoms with Crippen LogP contribution in [0, 0.1) is 0 Å². The van der Waals surface area contributed by atoms with Gasteiger partial charge in [-0.25, -0.2) is 4.79 Å². The normalized spacial score (nSPS) is 15.0.